The van der Waals surface area contributed by atoms with E-state index in [1.54, 1.807) is 0 Å². The smallest absolute Gasteiger partial charge is 0.124 e. The van der Waals surface area contributed by atoms with Gasteiger partial charge in [-0.15, -0.1) is 0 Å². The second-order valence-corrected chi connectivity index (χ2v) is 10.6. The monoisotopic (exact) mass is 559 g/mol. The van der Waals surface area contributed by atoms with Crippen molar-refractivity contribution in [3.63, 3.8) is 0 Å². The van der Waals surface area contributed by atoms with E-state index in [9.17, 15) is 5.11 Å². The molecule has 0 aliphatic carbocycles. The Morgan fingerprint density at radius 1 is 0.676 bits per heavy atom. The Hall–Kier alpha value is -2.47. The van der Waals surface area contributed by atoms with Gasteiger partial charge in [-0.1, -0.05) is 144 Å². The van der Waals surface area contributed by atoms with E-state index >= 15 is 0 Å². The van der Waals surface area contributed by atoms with Gasteiger partial charge >= 0.3 is 0 Å². The van der Waals surface area contributed by atoms with Crippen LogP contribution in [0.4, 0.5) is 0 Å². The molecule has 1 fully saturated rings. The van der Waals surface area contributed by atoms with Gasteiger partial charge < -0.3 is 5.11 Å². The number of hydrogen-bond donors (Lipinski definition) is 1. The molecule has 1 N–H and O–H groups in total. The molecule has 0 radical (unpaired) electrons. The summed E-state index contributed by atoms with van der Waals surface area (Å²) in [5.74, 6) is -0.0832. The number of aliphatic hydroxyl groups is 1. The lowest BCUT2D eigenvalue weighted by atomic mass is 9.82. The Kier molecular flexibility index (Phi) is 7.14. The molecule has 0 bridgehead atoms. The molecule has 0 aromatic heterocycles. The fourth-order valence-electron chi connectivity index (χ4n) is 5.48. The Bertz CT molecular complexity index is 1090. The van der Waals surface area contributed by atoms with Crippen molar-refractivity contribution in [1.82, 2.24) is 4.90 Å². The van der Waals surface area contributed by atoms with Crippen LogP contribution in [0.15, 0.2) is 121 Å². The Balaban J connectivity index is 1.59. The van der Waals surface area contributed by atoms with Crippen LogP contribution >= 0.6 is 22.6 Å². The summed E-state index contributed by atoms with van der Waals surface area (Å²) in [7, 11) is 0. The third kappa shape index (κ3) is 4.45. The average Bonchev–Trinajstić information content (AvgIpc) is 3.41. The highest BCUT2D eigenvalue weighted by molar-refractivity contribution is 14.1. The molecule has 3 heteroatoms. The summed E-state index contributed by atoms with van der Waals surface area (Å²) in [5.41, 5.74) is 4.81. The molecule has 4 aromatic rings. The first-order chi connectivity index (χ1) is 16.7. The van der Waals surface area contributed by atoms with Crippen LogP contribution in [0, 0.1) is 0 Å². The van der Waals surface area contributed by atoms with Crippen LogP contribution in [-0.4, -0.2) is 28.7 Å². The van der Waals surface area contributed by atoms with Crippen LogP contribution in [-0.2, 0) is 3.55 Å². The molecule has 1 saturated heterocycles. The molecule has 2 nitrogen and oxygen atoms in total. The lowest BCUT2D eigenvalue weighted by Gasteiger charge is -2.44. The number of halogens is 1. The summed E-state index contributed by atoms with van der Waals surface area (Å²) in [6.45, 7) is 0.949. The summed E-state index contributed by atoms with van der Waals surface area (Å²) < 4.78 is -0.361. The maximum atomic E-state index is 12.1. The van der Waals surface area contributed by atoms with E-state index in [1.165, 1.54) is 11.1 Å². The van der Waals surface area contributed by atoms with Gasteiger partial charge in [0.2, 0.25) is 0 Å². The predicted molar refractivity (Wildman–Crippen MR) is 148 cm³/mol. The number of alkyl halides is 1. The number of nitrogens with zero attached hydrogens (tertiary/aromatic N) is 1. The van der Waals surface area contributed by atoms with Gasteiger partial charge in [-0.25, -0.2) is 0 Å². The minimum atomic E-state index is -0.533. The topological polar surface area (TPSA) is 23.5 Å². The Morgan fingerprint density at radius 3 is 1.53 bits per heavy atom. The summed E-state index contributed by atoms with van der Waals surface area (Å²) >= 11 is 2.62. The van der Waals surface area contributed by atoms with Crippen molar-refractivity contribution >= 4 is 22.6 Å². The number of rotatable bonds is 7. The average molecular weight is 559 g/mol. The maximum absolute atomic E-state index is 12.1. The van der Waals surface area contributed by atoms with Gasteiger partial charge in [0.25, 0.3) is 0 Å². The van der Waals surface area contributed by atoms with E-state index in [-0.39, 0.29) is 15.5 Å². The second-order valence-electron chi connectivity index (χ2n) is 9.05. The van der Waals surface area contributed by atoms with Crippen molar-refractivity contribution in [2.45, 2.75) is 34.5 Å². The molecule has 172 valence electrons. The molecule has 5 rings (SSSR count). The van der Waals surface area contributed by atoms with Gasteiger partial charge in [-0.2, -0.15) is 0 Å². The Morgan fingerprint density at radius 2 is 1.09 bits per heavy atom. The van der Waals surface area contributed by atoms with Crippen molar-refractivity contribution in [1.29, 1.82) is 0 Å². The SMILES string of the molecule is O[C@@H](C(c1ccccc1)c1ccccc1)[C@H]1CCCN1C(I)(c1ccccc1)c1ccccc1. The molecule has 0 unspecified atom stereocenters. The first kappa shape index (κ1) is 23.3. The minimum absolute atomic E-state index is 0.0303. The number of hydrogen-bond acceptors (Lipinski definition) is 2. The zero-order valence-electron chi connectivity index (χ0n) is 19.2. The van der Waals surface area contributed by atoms with Gasteiger partial charge in [0.05, 0.1) is 6.10 Å². The van der Waals surface area contributed by atoms with Crippen LogP contribution in [0.3, 0.4) is 0 Å². The van der Waals surface area contributed by atoms with E-state index in [2.05, 4.69) is 137 Å². The van der Waals surface area contributed by atoms with Gasteiger partial charge in [0.15, 0.2) is 0 Å². The van der Waals surface area contributed by atoms with Crippen molar-refractivity contribution < 1.29 is 5.11 Å². The van der Waals surface area contributed by atoms with Crippen LogP contribution in [0.25, 0.3) is 0 Å². The number of aliphatic hydroxyl groups excluding tert-OH is 1. The molecule has 0 amide bonds. The molecule has 1 heterocycles. The molecule has 1 aliphatic heterocycles. The summed E-state index contributed by atoms with van der Waals surface area (Å²) in [5, 5.41) is 12.1. The van der Waals surface area contributed by atoms with Crippen LogP contribution in [0.5, 0.6) is 0 Å². The van der Waals surface area contributed by atoms with E-state index < -0.39 is 6.10 Å². The molecule has 34 heavy (non-hydrogen) atoms. The Labute approximate surface area is 216 Å². The second kappa shape index (κ2) is 10.4. The van der Waals surface area contributed by atoms with Gasteiger partial charge in [-0.05, 0) is 35.1 Å². The van der Waals surface area contributed by atoms with E-state index in [1.807, 2.05) is 12.1 Å². The highest BCUT2D eigenvalue weighted by atomic mass is 127. The lowest BCUT2D eigenvalue weighted by Crippen LogP contribution is -2.51. The summed E-state index contributed by atoms with van der Waals surface area (Å²) in [4.78, 5) is 2.54. The van der Waals surface area contributed by atoms with E-state index in [0.29, 0.717) is 0 Å². The zero-order chi connectivity index (χ0) is 23.4. The highest BCUT2D eigenvalue weighted by Crippen LogP contribution is 2.48. The lowest BCUT2D eigenvalue weighted by molar-refractivity contribution is 0.0429. The predicted octanol–water partition coefficient (Wildman–Crippen LogP) is 6.98. The highest BCUT2D eigenvalue weighted by Gasteiger charge is 2.47. The molecule has 2 atom stereocenters. The summed E-state index contributed by atoms with van der Waals surface area (Å²) in [6, 6.07) is 42.4. The third-order valence-corrected chi connectivity index (χ3v) is 8.93. The standard InChI is InChI=1S/C31H30INO/c32-31(26-18-9-3-10-19-26,27-20-11-4-12-21-27)33-23-13-22-28(33)30(34)29(24-14-5-1-6-15-24)25-16-7-2-8-17-25/h1-12,14-21,28-30,34H,13,22-23H2/t28-,30-/m1/s1. The molecule has 1 aliphatic rings. The number of likely N-dealkylation sites (tertiary alicyclic amines) is 1. The van der Waals surface area contributed by atoms with Crippen LogP contribution in [0.2, 0.25) is 0 Å². The van der Waals surface area contributed by atoms with Crippen molar-refractivity contribution in [2.75, 3.05) is 6.54 Å². The van der Waals surface area contributed by atoms with Crippen LogP contribution < -0.4 is 0 Å². The van der Waals surface area contributed by atoms with Crippen molar-refractivity contribution in [3.8, 4) is 0 Å². The molecular weight excluding hydrogens is 529 g/mol. The van der Waals surface area contributed by atoms with Gasteiger partial charge in [-0.3, -0.25) is 4.90 Å². The third-order valence-electron chi connectivity index (χ3n) is 7.06. The quantitative estimate of drug-likeness (QED) is 0.150. The van der Waals surface area contributed by atoms with Crippen LogP contribution in [0.1, 0.15) is 41.0 Å². The van der Waals surface area contributed by atoms with E-state index in [4.69, 9.17) is 0 Å². The number of benzene rings is 4. The van der Waals surface area contributed by atoms with Gasteiger partial charge in [0.1, 0.15) is 3.55 Å². The van der Waals surface area contributed by atoms with Gasteiger partial charge in [0, 0.05) is 18.5 Å². The summed E-state index contributed by atoms with van der Waals surface area (Å²) in [6.07, 6.45) is 1.51. The molecule has 0 saturated carbocycles. The van der Waals surface area contributed by atoms with E-state index in [0.717, 1.165) is 30.5 Å². The first-order valence-electron chi connectivity index (χ1n) is 12.0. The molecular formula is C31H30INO. The molecule has 0 spiro atoms. The fraction of sp³-hybridized carbons (Fsp3) is 0.226. The largest absolute Gasteiger partial charge is 0.391 e. The minimum Gasteiger partial charge on any atom is -0.391 e. The molecule has 4 aromatic carbocycles. The maximum Gasteiger partial charge on any atom is 0.124 e. The van der Waals surface area contributed by atoms with Crippen molar-refractivity contribution in [2.24, 2.45) is 0 Å². The van der Waals surface area contributed by atoms with Crippen molar-refractivity contribution in [3.05, 3.63) is 144 Å². The zero-order valence-corrected chi connectivity index (χ0v) is 21.3. The normalized spacial score (nSPS) is 17.7. The first-order valence-corrected chi connectivity index (χ1v) is 13.1. The fourth-order valence-corrected chi connectivity index (χ4v) is 6.79.